The van der Waals surface area contributed by atoms with Crippen molar-refractivity contribution < 1.29 is 8.42 Å². The van der Waals surface area contributed by atoms with E-state index in [0.29, 0.717) is 16.7 Å². The monoisotopic (exact) mass is 366 g/mol. The summed E-state index contributed by atoms with van der Waals surface area (Å²) >= 11 is 1.20. The van der Waals surface area contributed by atoms with Gasteiger partial charge in [0, 0.05) is 20.1 Å². The van der Waals surface area contributed by atoms with Gasteiger partial charge in [-0.25, -0.2) is 13.1 Å². The van der Waals surface area contributed by atoms with Crippen LogP contribution in [0.15, 0.2) is 57.0 Å². The molecular formula is C16H22N4O2S2. The molecule has 0 saturated heterocycles. The average molecular weight is 367 g/mol. The Hall–Kier alpha value is -1.90. The van der Waals surface area contributed by atoms with Crippen molar-refractivity contribution in [1.29, 1.82) is 0 Å². The van der Waals surface area contributed by atoms with Crippen LogP contribution in [0.25, 0.3) is 0 Å². The van der Waals surface area contributed by atoms with Gasteiger partial charge in [0.25, 0.3) is 0 Å². The predicted octanol–water partition coefficient (Wildman–Crippen LogP) is 1.95. The van der Waals surface area contributed by atoms with Crippen LogP contribution in [-0.4, -0.2) is 34.5 Å². The Bertz CT molecular complexity index is 744. The van der Waals surface area contributed by atoms with Gasteiger partial charge in [0.15, 0.2) is 5.96 Å². The quantitative estimate of drug-likeness (QED) is 0.397. The standard InChI is InChI=1S/C16H22N4O2S2/c1-13(14-7-4-3-5-8-14)20-16(17-2)18-10-11-19-24(21,22)15-9-6-12-23-15/h3-9,12-13,19H,10-11H2,1-2H3,(H2,17,18,20). The predicted molar refractivity (Wildman–Crippen MR) is 98.9 cm³/mol. The molecule has 0 aliphatic rings. The van der Waals surface area contributed by atoms with Crippen LogP contribution < -0.4 is 15.4 Å². The van der Waals surface area contributed by atoms with Crippen LogP contribution in [-0.2, 0) is 10.0 Å². The van der Waals surface area contributed by atoms with Gasteiger partial charge in [-0.05, 0) is 23.9 Å². The second-order valence-corrected chi connectivity index (χ2v) is 8.05. The Balaban J connectivity index is 1.78. The van der Waals surface area contributed by atoms with E-state index in [1.165, 1.54) is 11.3 Å². The smallest absolute Gasteiger partial charge is 0.250 e. The zero-order chi connectivity index (χ0) is 17.4. The normalized spacial score (nSPS) is 13.5. The van der Waals surface area contributed by atoms with E-state index in [2.05, 4.69) is 20.3 Å². The molecule has 3 N–H and O–H groups in total. The van der Waals surface area contributed by atoms with Crippen LogP contribution in [0.3, 0.4) is 0 Å². The summed E-state index contributed by atoms with van der Waals surface area (Å²) in [6.07, 6.45) is 0. The van der Waals surface area contributed by atoms with Crippen LogP contribution in [0, 0.1) is 0 Å². The van der Waals surface area contributed by atoms with Gasteiger partial charge in [-0.2, -0.15) is 0 Å². The Morgan fingerprint density at radius 2 is 1.92 bits per heavy atom. The summed E-state index contributed by atoms with van der Waals surface area (Å²) < 4.78 is 26.9. The lowest BCUT2D eigenvalue weighted by Crippen LogP contribution is -2.42. The van der Waals surface area contributed by atoms with Crippen molar-refractivity contribution in [3.05, 3.63) is 53.4 Å². The van der Waals surface area contributed by atoms with E-state index in [0.717, 1.165) is 5.56 Å². The van der Waals surface area contributed by atoms with Gasteiger partial charge < -0.3 is 10.6 Å². The molecule has 8 heteroatoms. The highest BCUT2D eigenvalue weighted by Crippen LogP contribution is 2.14. The lowest BCUT2D eigenvalue weighted by molar-refractivity contribution is 0.582. The molecule has 1 aromatic carbocycles. The first-order valence-corrected chi connectivity index (χ1v) is 9.94. The third-order valence-corrected chi connectivity index (χ3v) is 6.20. The first-order valence-electron chi connectivity index (χ1n) is 7.58. The lowest BCUT2D eigenvalue weighted by atomic mass is 10.1. The molecule has 0 radical (unpaired) electrons. The Morgan fingerprint density at radius 1 is 1.17 bits per heavy atom. The fourth-order valence-electron chi connectivity index (χ4n) is 2.08. The first kappa shape index (κ1) is 18.4. The van der Waals surface area contributed by atoms with E-state index in [1.807, 2.05) is 37.3 Å². The van der Waals surface area contributed by atoms with Gasteiger partial charge in [0.1, 0.15) is 4.21 Å². The van der Waals surface area contributed by atoms with Crippen molar-refractivity contribution in [2.24, 2.45) is 4.99 Å². The maximum Gasteiger partial charge on any atom is 0.250 e. The van der Waals surface area contributed by atoms with Gasteiger partial charge in [-0.1, -0.05) is 36.4 Å². The molecule has 1 unspecified atom stereocenters. The van der Waals surface area contributed by atoms with Gasteiger partial charge in [0.05, 0.1) is 6.04 Å². The van der Waals surface area contributed by atoms with E-state index >= 15 is 0 Å². The summed E-state index contributed by atoms with van der Waals surface area (Å²) in [6, 6.07) is 13.4. The Labute approximate surface area is 147 Å². The maximum atomic E-state index is 12.0. The zero-order valence-electron chi connectivity index (χ0n) is 13.7. The summed E-state index contributed by atoms with van der Waals surface area (Å²) in [7, 11) is -1.74. The molecule has 0 spiro atoms. The number of hydrogen-bond donors (Lipinski definition) is 3. The number of nitrogens with one attached hydrogen (secondary N) is 3. The van der Waals surface area contributed by atoms with E-state index in [9.17, 15) is 8.42 Å². The minimum absolute atomic E-state index is 0.0974. The number of hydrogen-bond acceptors (Lipinski definition) is 4. The summed E-state index contributed by atoms with van der Waals surface area (Å²) in [6.45, 7) is 2.76. The van der Waals surface area contributed by atoms with E-state index in [4.69, 9.17) is 0 Å². The number of nitrogens with zero attached hydrogens (tertiary/aromatic N) is 1. The second kappa shape index (κ2) is 8.81. The molecule has 2 aromatic rings. The molecule has 1 heterocycles. The topological polar surface area (TPSA) is 82.6 Å². The first-order chi connectivity index (χ1) is 11.5. The van der Waals surface area contributed by atoms with Gasteiger partial charge in [0.2, 0.25) is 10.0 Å². The van der Waals surface area contributed by atoms with Gasteiger partial charge >= 0.3 is 0 Å². The van der Waals surface area contributed by atoms with E-state index < -0.39 is 10.0 Å². The summed E-state index contributed by atoms with van der Waals surface area (Å²) in [4.78, 5) is 4.16. The lowest BCUT2D eigenvalue weighted by Gasteiger charge is -2.18. The molecule has 0 aliphatic heterocycles. The summed E-state index contributed by atoms with van der Waals surface area (Å²) in [5, 5.41) is 8.11. The summed E-state index contributed by atoms with van der Waals surface area (Å²) in [5.74, 6) is 0.627. The molecule has 0 aliphatic carbocycles. The highest BCUT2D eigenvalue weighted by molar-refractivity contribution is 7.91. The highest BCUT2D eigenvalue weighted by atomic mass is 32.2. The van der Waals surface area contributed by atoms with Crippen LogP contribution in [0.4, 0.5) is 0 Å². The number of benzene rings is 1. The third kappa shape index (κ3) is 5.33. The van der Waals surface area contributed by atoms with Crippen molar-refractivity contribution in [3.63, 3.8) is 0 Å². The highest BCUT2D eigenvalue weighted by Gasteiger charge is 2.14. The maximum absolute atomic E-state index is 12.0. The second-order valence-electron chi connectivity index (χ2n) is 5.11. The fourth-order valence-corrected chi connectivity index (χ4v) is 4.15. The number of aliphatic imine (C=N–C) groups is 1. The molecule has 130 valence electrons. The van der Waals surface area contributed by atoms with Crippen LogP contribution in [0.5, 0.6) is 0 Å². The number of thiophene rings is 1. The Morgan fingerprint density at radius 3 is 2.54 bits per heavy atom. The van der Waals surface area contributed by atoms with E-state index in [-0.39, 0.29) is 12.6 Å². The largest absolute Gasteiger partial charge is 0.355 e. The molecule has 0 bridgehead atoms. The minimum Gasteiger partial charge on any atom is -0.355 e. The summed E-state index contributed by atoms with van der Waals surface area (Å²) in [5.41, 5.74) is 1.15. The molecular weight excluding hydrogens is 344 g/mol. The molecule has 0 amide bonds. The van der Waals surface area contributed by atoms with Crippen molar-refractivity contribution in [3.8, 4) is 0 Å². The van der Waals surface area contributed by atoms with Crippen LogP contribution >= 0.6 is 11.3 Å². The van der Waals surface area contributed by atoms with Crippen molar-refractivity contribution >= 4 is 27.3 Å². The fraction of sp³-hybridized carbons (Fsp3) is 0.312. The molecule has 1 atom stereocenters. The molecule has 0 fully saturated rings. The average Bonchev–Trinajstić information content (AvgIpc) is 3.13. The van der Waals surface area contributed by atoms with Gasteiger partial charge in [-0.15, -0.1) is 11.3 Å². The van der Waals surface area contributed by atoms with Gasteiger partial charge in [-0.3, -0.25) is 4.99 Å². The SMILES string of the molecule is CN=C(NCCNS(=O)(=O)c1cccs1)NC(C)c1ccccc1. The molecule has 1 aromatic heterocycles. The van der Waals surface area contributed by atoms with E-state index in [1.54, 1.807) is 24.6 Å². The van der Waals surface area contributed by atoms with Crippen LogP contribution in [0.2, 0.25) is 0 Å². The van der Waals surface area contributed by atoms with Crippen molar-refractivity contribution in [2.75, 3.05) is 20.1 Å². The zero-order valence-corrected chi connectivity index (χ0v) is 15.3. The molecule has 2 rings (SSSR count). The van der Waals surface area contributed by atoms with Crippen molar-refractivity contribution in [1.82, 2.24) is 15.4 Å². The molecule has 24 heavy (non-hydrogen) atoms. The Kier molecular flexibility index (Phi) is 6.77. The van der Waals surface area contributed by atoms with Crippen molar-refractivity contribution in [2.45, 2.75) is 17.2 Å². The third-order valence-electron chi connectivity index (χ3n) is 3.35. The molecule has 0 saturated carbocycles. The number of rotatable bonds is 7. The number of guanidine groups is 1. The van der Waals surface area contributed by atoms with Crippen LogP contribution in [0.1, 0.15) is 18.5 Å². The molecule has 6 nitrogen and oxygen atoms in total. The minimum atomic E-state index is -3.42. The number of sulfonamides is 1.